The predicted octanol–water partition coefficient (Wildman–Crippen LogP) is 1.87. The molecular formula is C16H34N2O4. The molecule has 1 fully saturated rings. The Labute approximate surface area is 135 Å². The molecule has 1 saturated heterocycles. The summed E-state index contributed by atoms with van der Waals surface area (Å²) in [6, 6.07) is 0.185. The van der Waals surface area contributed by atoms with Gasteiger partial charge in [0.15, 0.2) is 0 Å². The van der Waals surface area contributed by atoms with Crippen molar-refractivity contribution in [1.29, 1.82) is 0 Å². The van der Waals surface area contributed by atoms with Crippen LogP contribution in [0.3, 0.4) is 0 Å². The number of unbranched alkanes of at least 4 members (excludes halogenated alkanes) is 1. The van der Waals surface area contributed by atoms with E-state index in [-0.39, 0.29) is 24.8 Å². The predicted molar refractivity (Wildman–Crippen MR) is 88.0 cm³/mol. The Hall–Kier alpha value is -0.850. The molecule has 0 aromatic rings. The van der Waals surface area contributed by atoms with E-state index in [9.17, 15) is 4.79 Å². The highest BCUT2D eigenvalue weighted by Crippen LogP contribution is 2.10. The molecule has 2 unspecified atom stereocenters. The lowest BCUT2D eigenvalue weighted by molar-refractivity contribution is 0.0935. The van der Waals surface area contributed by atoms with Gasteiger partial charge in [0.2, 0.25) is 0 Å². The van der Waals surface area contributed by atoms with E-state index in [1.54, 1.807) is 19.1 Å². The molecule has 1 aliphatic heterocycles. The molecule has 2 atom stereocenters. The molecule has 6 heteroatoms. The number of carbonyl (C=O) groups is 1. The lowest BCUT2D eigenvalue weighted by Gasteiger charge is -2.18. The molecule has 6 nitrogen and oxygen atoms in total. The second kappa shape index (κ2) is 12.7. The van der Waals surface area contributed by atoms with Gasteiger partial charge >= 0.3 is 6.09 Å². The Morgan fingerprint density at radius 1 is 1.36 bits per heavy atom. The Balaban J connectivity index is 0.000000980. The van der Waals surface area contributed by atoms with Gasteiger partial charge in [-0.05, 0) is 25.2 Å². The monoisotopic (exact) mass is 318 g/mol. The van der Waals surface area contributed by atoms with Crippen LogP contribution in [0.4, 0.5) is 4.79 Å². The quantitative estimate of drug-likeness (QED) is 0.701. The third-order valence-corrected chi connectivity index (χ3v) is 3.14. The fourth-order valence-corrected chi connectivity index (χ4v) is 1.92. The second-order valence-corrected chi connectivity index (χ2v) is 6.36. The van der Waals surface area contributed by atoms with Crippen molar-refractivity contribution in [2.45, 2.75) is 52.2 Å². The maximum absolute atomic E-state index is 11.6. The number of nitrogens with zero attached hydrogens (tertiary/aromatic N) is 1. The molecule has 1 rings (SSSR count). The number of hydrogen-bond acceptors (Lipinski definition) is 5. The van der Waals surface area contributed by atoms with Crippen molar-refractivity contribution in [2.75, 3.05) is 40.5 Å². The molecule has 0 aromatic carbocycles. The van der Waals surface area contributed by atoms with E-state index in [2.05, 4.69) is 26.1 Å². The van der Waals surface area contributed by atoms with Crippen LogP contribution < -0.4 is 5.32 Å². The molecule has 2 N–H and O–H groups in total. The summed E-state index contributed by atoms with van der Waals surface area (Å²) in [6.45, 7) is 8.46. The number of aliphatic hydroxyl groups is 1. The summed E-state index contributed by atoms with van der Waals surface area (Å²) < 4.78 is 10.4. The molecule has 0 aliphatic carbocycles. The van der Waals surface area contributed by atoms with Crippen molar-refractivity contribution < 1.29 is 19.4 Å². The van der Waals surface area contributed by atoms with Crippen molar-refractivity contribution in [3.8, 4) is 0 Å². The Morgan fingerprint density at radius 3 is 2.50 bits per heavy atom. The maximum Gasteiger partial charge on any atom is 0.409 e. The molecule has 22 heavy (non-hydrogen) atoms. The van der Waals surface area contributed by atoms with Gasteiger partial charge in [-0.15, -0.1) is 0 Å². The number of aliphatic hydroxyl groups excluding tert-OH is 1. The number of nitrogens with one attached hydrogen (secondary N) is 1. The first-order valence-corrected chi connectivity index (χ1v) is 8.15. The first-order chi connectivity index (χ1) is 10.4. The zero-order valence-corrected chi connectivity index (χ0v) is 14.8. The summed E-state index contributed by atoms with van der Waals surface area (Å²) in [6.07, 6.45) is 2.27. The number of amides is 1. The van der Waals surface area contributed by atoms with Gasteiger partial charge in [0.25, 0.3) is 0 Å². The van der Waals surface area contributed by atoms with Gasteiger partial charge in [-0.25, -0.2) is 4.79 Å². The summed E-state index contributed by atoms with van der Waals surface area (Å²) in [5.41, 5.74) is 0. The number of carbonyl (C=O) groups excluding carboxylic acids is 1. The zero-order chi connectivity index (χ0) is 17.0. The molecule has 1 aliphatic rings. The van der Waals surface area contributed by atoms with Crippen LogP contribution in [0.15, 0.2) is 0 Å². The van der Waals surface area contributed by atoms with E-state index in [0.29, 0.717) is 19.6 Å². The van der Waals surface area contributed by atoms with Crippen LogP contribution in [-0.2, 0) is 9.47 Å². The SMILES string of the molecule is CC(C)C.COC1CNC(COC(=O)N(C)CCCCO)C1. The maximum atomic E-state index is 11.6. The minimum atomic E-state index is -0.310. The molecule has 1 heterocycles. The van der Waals surface area contributed by atoms with E-state index >= 15 is 0 Å². The van der Waals surface area contributed by atoms with E-state index in [0.717, 1.165) is 25.3 Å². The van der Waals surface area contributed by atoms with Crippen LogP contribution in [0.5, 0.6) is 0 Å². The van der Waals surface area contributed by atoms with Gasteiger partial charge < -0.3 is 24.8 Å². The summed E-state index contributed by atoms with van der Waals surface area (Å²) in [7, 11) is 3.40. The molecule has 0 saturated carbocycles. The van der Waals surface area contributed by atoms with Crippen molar-refractivity contribution in [3.63, 3.8) is 0 Å². The summed E-state index contributed by atoms with van der Waals surface area (Å²) in [5, 5.41) is 11.9. The Bertz CT molecular complexity index is 285. The van der Waals surface area contributed by atoms with Crippen molar-refractivity contribution >= 4 is 6.09 Å². The molecule has 0 spiro atoms. The van der Waals surface area contributed by atoms with Crippen LogP contribution in [-0.4, -0.2) is 68.7 Å². The highest BCUT2D eigenvalue weighted by molar-refractivity contribution is 5.67. The lowest BCUT2D eigenvalue weighted by atomic mass is 10.2. The van der Waals surface area contributed by atoms with Gasteiger partial charge in [-0.3, -0.25) is 0 Å². The standard InChI is InChI=1S/C12H24N2O4.C4H10/c1-14(5-3-4-6-15)12(16)18-9-10-7-11(17-2)8-13-10;1-4(2)3/h10-11,13,15H,3-9H2,1-2H3;4H,1-3H3. The fraction of sp³-hybridized carbons (Fsp3) is 0.938. The second-order valence-electron chi connectivity index (χ2n) is 6.36. The minimum absolute atomic E-state index is 0.160. The van der Waals surface area contributed by atoms with Gasteiger partial charge in [0.1, 0.15) is 6.61 Å². The fourth-order valence-electron chi connectivity index (χ4n) is 1.92. The van der Waals surface area contributed by atoms with Crippen LogP contribution >= 0.6 is 0 Å². The molecular weight excluding hydrogens is 284 g/mol. The highest BCUT2D eigenvalue weighted by Gasteiger charge is 2.25. The Morgan fingerprint density at radius 2 is 2.00 bits per heavy atom. The average Bonchev–Trinajstić information content (AvgIpc) is 2.92. The van der Waals surface area contributed by atoms with Gasteiger partial charge in [0, 0.05) is 39.9 Å². The van der Waals surface area contributed by atoms with Gasteiger partial charge in [-0.1, -0.05) is 20.8 Å². The summed E-state index contributed by atoms with van der Waals surface area (Å²) in [5.74, 6) is 0.833. The summed E-state index contributed by atoms with van der Waals surface area (Å²) in [4.78, 5) is 13.2. The van der Waals surface area contributed by atoms with Crippen molar-refractivity contribution in [2.24, 2.45) is 5.92 Å². The number of hydrogen-bond donors (Lipinski definition) is 2. The van der Waals surface area contributed by atoms with E-state index in [1.165, 1.54) is 0 Å². The Kier molecular flexibility index (Phi) is 12.2. The normalized spacial score (nSPS) is 20.5. The number of rotatable bonds is 7. The van der Waals surface area contributed by atoms with Crippen LogP contribution in [0.2, 0.25) is 0 Å². The smallest absolute Gasteiger partial charge is 0.409 e. The van der Waals surface area contributed by atoms with E-state index in [4.69, 9.17) is 14.6 Å². The van der Waals surface area contributed by atoms with Gasteiger partial charge in [0.05, 0.1) is 6.10 Å². The molecule has 0 radical (unpaired) electrons. The first-order valence-electron chi connectivity index (χ1n) is 8.15. The average molecular weight is 318 g/mol. The van der Waals surface area contributed by atoms with Crippen molar-refractivity contribution in [1.82, 2.24) is 10.2 Å². The highest BCUT2D eigenvalue weighted by atomic mass is 16.6. The van der Waals surface area contributed by atoms with E-state index < -0.39 is 0 Å². The van der Waals surface area contributed by atoms with Gasteiger partial charge in [-0.2, -0.15) is 0 Å². The molecule has 1 amide bonds. The van der Waals surface area contributed by atoms with Crippen LogP contribution in [0, 0.1) is 5.92 Å². The lowest BCUT2D eigenvalue weighted by Crippen LogP contribution is -2.33. The zero-order valence-electron chi connectivity index (χ0n) is 14.8. The minimum Gasteiger partial charge on any atom is -0.448 e. The van der Waals surface area contributed by atoms with Crippen LogP contribution in [0.1, 0.15) is 40.0 Å². The third kappa shape index (κ3) is 10.8. The number of ether oxygens (including phenoxy) is 2. The first kappa shape index (κ1) is 21.1. The third-order valence-electron chi connectivity index (χ3n) is 3.14. The topological polar surface area (TPSA) is 71.0 Å². The molecule has 0 aromatic heterocycles. The largest absolute Gasteiger partial charge is 0.448 e. The molecule has 0 bridgehead atoms. The number of methoxy groups -OCH3 is 1. The van der Waals surface area contributed by atoms with E-state index in [1.807, 2.05) is 0 Å². The summed E-state index contributed by atoms with van der Waals surface area (Å²) >= 11 is 0. The van der Waals surface area contributed by atoms with Crippen molar-refractivity contribution in [3.05, 3.63) is 0 Å². The van der Waals surface area contributed by atoms with Crippen LogP contribution in [0.25, 0.3) is 0 Å². The molecule has 132 valence electrons.